The van der Waals surface area contributed by atoms with Crippen molar-refractivity contribution in [2.75, 3.05) is 5.75 Å². The van der Waals surface area contributed by atoms with Gasteiger partial charge in [0.25, 0.3) is 11.5 Å². The van der Waals surface area contributed by atoms with Crippen LogP contribution in [0.3, 0.4) is 0 Å². The average Bonchev–Trinajstić information content (AvgIpc) is 2.75. The van der Waals surface area contributed by atoms with Gasteiger partial charge in [-0.05, 0) is 24.6 Å². The second kappa shape index (κ2) is 5.90. The summed E-state index contributed by atoms with van der Waals surface area (Å²) in [6.07, 6.45) is 0. The molecule has 0 atom stereocenters. The van der Waals surface area contributed by atoms with Crippen LogP contribution in [0.1, 0.15) is 16.1 Å². The Morgan fingerprint density at radius 2 is 2.05 bits per heavy atom. The number of thioether (sulfide) groups is 1. The quantitative estimate of drug-likeness (QED) is 0.862. The second-order valence-electron chi connectivity index (χ2n) is 3.96. The van der Waals surface area contributed by atoms with Gasteiger partial charge in [0.2, 0.25) is 0 Å². The minimum Gasteiger partial charge on any atom is -0.392 e. The van der Waals surface area contributed by atoms with Gasteiger partial charge < -0.3 is 9.63 Å². The van der Waals surface area contributed by atoms with Crippen LogP contribution in [0.15, 0.2) is 44.5 Å². The number of aliphatic hydroxyl groups is 1. The fraction of sp³-hybridized carbons (Fsp3) is 0.231. The molecule has 1 aromatic heterocycles. The van der Waals surface area contributed by atoms with Gasteiger partial charge in [0, 0.05) is 11.0 Å². The molecule has 0 aliphatic heterocycles. The van der Waals surface area contributed by atoms with Gasteiger partial charge in [-0.3, -0.25) is 9.59 Å². The molecule has 0 saturated heterocycles. The summed E-state index contributed by atoms with van der Waals surface area (Å²) < 4.78 is 5.78. The molecule has 5 nitrogen and oxygen atoms in total. The molecule has 0 unspecified atom stereocenters. The molecule has 0 amide bonds. The van der Waals surface area contributed by atoms with Gasteiger partial charge in [-0.2, -0.15) is 0 Å². The van der Waals surface area contributed by atoms with E-state index in [-0.39, 0.29) is 12.4 Å². The summed E-state index contributed by atoms with van der Waals surface area (Å²) in [7, 11) is 0. The van der Waals surface area contributed by atoms with Gasteiger partial charge in [-0.25, -0.2) is 0 Å². The fourth-order valence-corrected chi connectivity index (χ4v) is 2.25. The maximum Gasteiger partial charge on any atom is 0.290 e. The van der Waals surface area contributed by atoms with Crippen LogP contribution < -0.4 is 5.56 Å². The molecule has 0 fully saturated rings. The summed E-state index contributed by atoms with van der Waals surface area (Å²) >= 11 is 1.31. The zero-order chi connectivity index (χ0) is 13.8. The number of carbonyl (C=O) groups excluding carboxylic acids is 1. The van der Waals surface area contributed by atoms with Crippen LogP contribution in [0, 0.1) is 6.92 Å². The SMILES string of the molecule is Cc1cc(=O)n(C(=O)CSc2ccc(CO)cc2)o1. The molecule has 1 heterocycles. The van der Waals surface area contributed by atoms with Crippen molar-refractivity contribution < 1.29 is 14.4 Å². The second-order valence-corrected chi connectivity index (χ2v) is 5.01. The number of hydrogen-bond donors (Lipinski definition) is 1. The van der Waals surface area contributed by atoms with Crippen molar-refractivity contribution in [2.24, 2.45) is 0 Å². The normalized spacial score (nSPS) is 10.6. The van der Waals surface area contributed by atoms with Gasteiger partial charge in [-0.15, -0.1) is 16.5 Å². The molecule has 100 valence electrons. The summed E-state index contributed by atoms with van der Waals surface area (Å²) in [5, 5.41) is 8.92. The molecular formula is C13H13NO4S. The fourth-order valence-electron chi connectivity index (χ4n) is 1.52. The number of carbonyl (C=O) groups is 1. The Hall–Kier alpha value is -1.79. The molecule has 0 saturated carbocycles. The molecule has 1 N–H and O–H groups in total. The number of nitrogens with zero attached hydrogens (tertiary/aromatic N) is 1. The summed E-state index contributed by atoms with van der Waals surface area (Å²) in [6.45, 7) is 1.61. The van der Waals surface area contributed by atoms with Gasteiger partial charge in [0.05, 0.1) is 12.4 Å². The predicted octanol–water partition coefficient (Wildman–Crippen LogP) is 1.67. The number of aryl methyl sites for hydroxylation is 1. The topological polar surface area (TPSA) is 72.4 Å². The Morgan fingerprint density at radius 1 is 1.37 bits per heavy atom. The standard InChI is InChI=1S/C13H13NO4S/c1-9-6-12(16)14(18-9)13(17)8-19-11-4-2-10(7-15)3-5-11/h2-6,15H,7-8H2,1H3. The third-order valence-corrected chi connectivity index (χ3v) is 3.45. The van der Waals surface area contributed by atoms with E-state index in [4.69, 9.17) is 9.63 Å². The van der Waals surface area contributed by atoms with Gasteiger partial charge in [-0.1, -0.05) is 12.1 Å². The first-order valence-electron chi connectivity index (χ1n) is 5.66. The number of aromatic nitrogens is 1. The predicted molar refractivity (Wildman–Crippen MR) is 71.4 cm³/mol. The van der Waals surface area contributed by atoms with E-state index in [9.17, 15) is 9.59 Å². The lowest BCUT2D eigenvalue weighted by atomic mass is 10.2. The van der Waals surface area contributed by atoms with Crippen molar-refractivity contribution in [3.63, 3.8) is 0 Å². The number of rotatable bonds is 4. The maximum absolute atomic E-state index is 11.8. The van der Waals surface area contributed by atoms with E-state index in [1.807, 2.05) is 12.1 Å². The zero-order valence-electron chi connectivity index (χ0n) is 10.3. The minimum absolute atomic E-state index is 0.00899. The van der Waals surface area contributed by atoms with Crippen molar-refractivity contribution in [3.05, 3.63) is 52.0 Å². The monoisotopic (exact) mass is 279 g/mol. The van der Waals surface area contributed by atoms with Gasteiger partial charge in [0.15, 0.2) is 0 Å². The molecule has 2 rings (SSSR count). The van der Waals surface area contributed by atoms with Crippen LogP contribution in [0.25, 0.3) is 0 Å². The average molecular weight is 279 g/mol. The lowest BCUT2D eigenvalue weighted by molar-refractivity contribution is 0.0813. The van der Waals surface area contributed by atoms with Crippen molar-refractivity contribution in [1.29, 1.82) is 0 Å². The molecule has 6 heteroatoms. The zero-order valence-corrected chi connectivity index (χ0v) is 11.1. The molecule has 0 aliphatic rings. The van der Waals surface area contributed by atoms with Crippen LogP contribution >= 0.6 is 11.8 Å². The number of aliphatic hydroxyl groups excluding tert-OH is 1. The van der Waals surface area contributed by atoms with E-state index >= 15 is 0 Å². The Balaban J connectivity index is 2.00. The van der Waals surface area contributed by atoms with Crippen molar-refractivity contribution in [1.82, 2.24) is 4.74 Å². The third-order valence-electron chi connectivity index (χ3n) is 2.46. The van der Waals surface area contributed by atoms with Crippen LogP contribution in [-0.2, 0) is 6.61 Å². The first kappa shape index (κ1) is 13.6. The Kier molecular flexibility index (Phi) is 4.24. The molecule has 0 radical (unpaired) electrons. The summed E-state index contributed by atoms with van der Waals surface area (Å²) in [5.74, 6) is 0.135. The number of benzene rings is 1. The van der Waals surface area contributed by atoms with Crippen molar-refractivity contribution in [2.45, 2.75) is 18.4 Å². The Bertz CT molecular complexity index is 627. The molecule has 2 aromatic rings. The summed E-state index contributed by atoms with van der Waals surface area (Å²) in [5.41, 5.74) is 0.368. The van der Waals surface area contributed by atoms with Crippen LogP contribution in [0.2, 0.25) is 0 Å². The highest BCUT2D eigenvalue weighted by Crippen LogP contribution is 2.18. The van der Waals surface area contributed by atoms with Crippen LogP contribution in [0.4, 0.5) is 0 Å². The van der Waals surface area contributed by atoms with E-state index in [1.165, 1.54) is 17.8 Å². The van der Waals surface area contributed by atoms with E-state index in [0.717, 1.165) is 15.2 Å². The van der Waals surface area contributed by atoms with E-state index in [2.05, 4.69) is 0 Å². The summed E-state index contributed by atoms with van der Waals surface area (Å²) in [6, 6.07) is 8.49. The molecule has 19 heavy (non-hydrogen) atoms. The molecular weight excluding hydrogens is 266 g/mol. The summed E-state index contributed by atoms with van der Waals surface area (Å²) in [4.78, 5) is 24.1. The van der Waals surface area contributed by atoms with Crippen molar-refractivity contribution in [3.8, 4) is 0 Å². The molecule has 0 spiro atoms. The molecule has 1 aromatic carbocycles. The lowest BCUT2D eigenvalue weighted by Crippen LogP contribution is -2.23. The molecule has 0 bridgehead atoms. The highest BCUT2D eigenvalue weighted by atomic mass is 32.2. The minimum atomic E-state index is -0.446. The van der Waals surface area contributed by atoms with E-state index in [0.29, 0.717) is 5.76 Å². The van der Waals surface area contributed by atoms with E-state index < -0.39 is 11.5 Å². The first-order valence-corrected chi connectivity index (χ1v) is 6.64. The van der Waals surface area contributed by atoms with E-state index in [1.54, 1.807) is 19.1 Å². The van der Waals surface area contributed by atoms with Crippen LogP contribution in [-0.4, -0.2) is 21.5 Å². The first-order chi connectivity index (χ1) is 9.10. The van der Waals surface area contributed by atoms with Gasteiger partial charge >= 0.3 is 0 Å². The Morgan fingerprint density at radius 3 is 2.58 bits per heavy atom. The largest absolute Gasteiger partial charge is 0.392 e. The lowest BCUT2D eigenvalue weighted by Gasteiger charge is -2.02. The number of hydrogen-bond acceptors (Lipinski definition) is 5. The van der Waals surface area contributed by atoms with Crippen LogP contribution in [0.5, 0.6) is 0 Å². The highest BCUT2D eigenvalue weighted by molar-refractivity contribution is 8.00. The third kappa shape index (κ3) is 3.36. The Labute approximate surface area is 113 Å². The van der Waals surface area contributed by atoms with Gasteiger partial charge in [0.1, 0.15) is 5.76 Å². The highest BCUT2D eigenvalue weighted by Gasteiger charge is 2.12. The smallest absolute Gasteiger partial charge is 0.290 e. The molecule has 0 aliphatic carbocycles. The van der Waals surface area contributed by atoms with Crippen molar-refractivity contribution >= 4 is 17.7 Å². The maximum atomic E-state index is 11.8.